The van der Waals surface area contributed by atoms with Crippen molar-refractivity contribution < 1.29 is 5.11 Å². The SMILES string of the molecule is CC(NCCC1=CCCCC1)C(O)c1ccccc1. The van der Waals surface area contributed by atoms with E-state index in [9.17, 15) is 5.11 Å². The highest BCUT2D eigenvalue weighted by Gasteiger charge is 2.15. The van der Waals surface area contributed by atoms with E-state index in [4.69, 9.17) is 0 Å². The van der Waals surface area contributed by atoms with E-state index in [-0.39, 0.29) is 6.04 Å². The van der Waals surface area contributed by atoms with Crippen LogP contribution in [0.2, 0.25) is 0 Å². The second-order valence-electron chi connectivity index (χ2n) is 5.46. The topological polar surface area (TPSA) is 32.3 Å². The highest BCUT2D eigenvalue weighted by Crippen LogP contribution is 2.20. The van der Waals surface area contributed by atoms with Crippen LogP contribution in [0.5, 0.6) is 0 Å². The molecule has 0 saturated heterocycles. The van der Waals surface area contributed by atoms with Gasteiger partial charge in [-0.1, -0.05) is 42.0 Å². The number of hydrogen-bond donors (Lipinski definition) is 2. The molecule has 2 nitrogen and oxygen atoms in total. The van der Waals surface area contributed by atoms with Crippen molar-refractivity contribution >= 4 is 0 Å². The summed E-state index contributed by atoms with van der Waals surface area (Å²) in [5.41, 5.74) is 2.57. The van der Waals surface area contributed by atoms with Gasteiger partial charge in [0, 0.05) is 6.04 Å². The average molecular weight is 259 g/mol. The van der Waals surface area contributed by atoms with E-state index in [1.165, 1.54) is 25.7 Å². The van der Waals surface area contributed by atoms with Gasteiger partial charge in [-0.05, 0) is 51.1 Å². The van der Waals surface area contributed by atoms with E-state index in [1.54, 1.807) is 5.57 Å². The lowest BCUT2D eigenvalue weighted by molar-refractivity contribution is 0.136. The first-order chi connectivity index (χ1) is 9.27. The highest BCUT2D eigenvalue weighted by molar-refractivity contribution is 5.18. The summed E-state index contributed by atoms with van der Waals surface area (Å²) < 4.78 is 0. The van der Waals surface area contributed by atoms with Crippen molar-refractivity contribution in [3.63, 3.8) is 0 Å². The maximum absolute atomic E-state index is 10.2. The van der Waals surface area contributed by atoms with Gasteiger partial charge in [-0.15, -0.1) is 0 Å². The Morgan fingerprint density at radius 3 is 2.68 bits per heavy atom. The van der Waals surface area contributed by atoms with Gasteiger partial charge >= 0.3 is 0 Å². The quantitative estimate of drug-likeness (QED) is 0.765. The summed E-state index contributed by atoms with van der Waals surface area (Å²) in [6.07, 6.45) is 8.28. The molecule has 19 heavy (non-hydrogen) atoms. The van der Waals surface area contributed by atoms with Crippen LogP contribution in [0, 0.1) is 0 Å². The Morgan fingerprint density at radius 2 is 2.00 bits per heavy atom. The summed E-state index contributed by atoms with van der Waals surface area (Å²) in [5.74, 6) is 0. The molecule has 0 bridgehead atoms. The molecule has 104 valence electrons. The fourth-order valence-electron chi connectivity index (χ4n) is 2.64. The van der Waals surface area contributed by atoms with Gasteiger partial charge in [-0.25, -0.2) is 0 Å². The van der Waals surface area contributed by atoms with Crippen LogP contribution in [0.25, 0.3) is 0 Å². The molecule has 0 amide bonds. The van der Waals surface area contributed by atoms with Crippen molar-refractivity contribution in [2.24, 2.45) is 0 Å². The molecule has 0 aliphatic heterocycles. The summed E-state index contributed by atoms with van der Waals surface area (Å²) in [4.78, 5) is 0. The molecule has 1 aliphatic rings. The van der Waals surface area contributed by atoms with E-state index in [1.807, 2.05) is 37.3 Å². The standard InChI is InChI=1S/C17H25NO/c1-14(17(19)16-10-6-3-7-11-16)18-13-12-15-8-4-2-5-9-15/h3,6-8,10-11,14,17-19H,2,4-5,9,12-13H2,1H3. The molecule has 2 atom stereocenters. The smallest absolute Gasteiger partial charge is 0.0940 e. The fraction of sp³-hybridized carbons (Fsp3) is 0.529. The van der Waals surface area contributed by atoms with Gasteiger partial charge in [0.05, 0.1) is 6.10 Å². The summed E-state index contributed by atoms with van der Waals surface area (Å²) in [6, 6.07) is 9.96. The van der Waals surface area contributed by atoms with Gasteiger partial charge in [0.2, 0.25) is 0 Å². The van der Waals surface area contributed by atoms with Crippen molar-refractivity contribution in [2.75, 3.05) is 6.54 Å². The predicted octanol–water partition coefficient (Wildman–Crippen LogP) is 3.59. The Morgan fingerprint density at radius 1 is 1.21 bits per heavy atom. The van der Waals surface area contributed by atoms with Gasteiger partial charge in [-0.3, -0.25) is 0 Å². The first kappa shape index (κ1) is 14.3. The Balaban J connectivity index is 1.75. The van der Waals surface area contributed by atoms with Gasteiger partial charge in [0.1, 0.15) is 0 Å². The zero-order valence-electron chi connectivity index (χ0n) is 11.8. The minimum absolute atomic E-state index is 0.0894. The minimum Gasteiger partial charge on any atom is -0.387 e. The van der Waals surface area contributed by atoms with Crippen LogP contribution in [0.1, 0.15) is 50.7 Å². The summed E-state index contributed by atoms with van der Waals surface area (Å²) in [7, 11) is 0. The molecule has 1 aromatic rings. The lowest BCUT2D eigenvalue weighted by Gasteiger charge is -2.21. The molecule has 1 aromatic carbocycles. The van der Waals surface area contributed by atoms with Crippen LogP contribution in [-0.2, 0) is 0 Å². The van der Waals surface area contributed by atoms with Crippen molar-refractivity contribution in [1.82, 2.24) is 5.32 Å². The molecule has 2 unspecified atom stereocenters. The van der Waals surface area contributed by atoms with E-state index in [0.29, 0.717) is 0 Å². The van der Waals surface area contributed by atoms with Crippen LogP contribution < -0.4 is 5.32 Å². The maximum Gasteiger partial charge on any atom is 0.0940 e. The number of hydrogen-bond acceptors (Lipinski definition) is 2. The van der Waals surface area contributed by atoms with E-state index < -0.39 is 6.10 Å². The number of nitrogens with one attached hydrogen (secondary N) is 1. The number of benzene rings is 1. The molecule has 0 fully saturated rings. The molecule has 0 spiro atoms. The van der Waals surface area contributed by atoms with Gasteiger partial charge in [0.25, 0.3) is 0 Å². The molecule has 0 saturated carbocycles. The zero-order valence-corrected chi connectivity index (χ0v) is 11.8. The number of aliphatic hydroxyl groups is 1. The van der Waals surface area contributed by atoms with Crippen molar-refractivity contribution in [2.45, 2.75) is 51.2 Å². The third-order valence-electron chi connectivity index (χ3n) is 3.91. The predicted molar refractivity (Wildman–Crippen MR) is 80.0 cm³/mol. The lowest BCUT2D eigenvalue weighted by Crippen LogP contribution is -2.33. The highest BCUT2D eigenvalue weighted by atomic mass is 16.3. The van der Waals surface area contributed by atoms with Gasteiger partial charge in [0.15, 0.2) is 0 Å². The molecule has 2 heteroatoms. The van der Waals surface area contributed by atoms with Crippen LogP contribution >= 0.6 is 0 Å². The van der Waals surface area contributed by atoms with E-state index in [0.717, 1.165) is 18.5 Å². The number of allylic oxidation sites excluding steroid dienone is 1. The zero-order chi connectivity index (χ0) is 13.5. The van der Waals surface area contributed by atoms with Gasteiger partial charge < -0.3 is 10.4 Å². The molecule has 2 rings (SSSR count). The maximum atomic E-state index is 10.2. The van der Waals surface area contributed by atoms with Crippen molar-refractivity contribution in [3.8, 4) is 0 Å². The second kappa shape index (κ2) is 7.46. The number of rotatable bonds is 6. The van der Waals surface area contributed by atoms with Crippen LogP contribution in [-0.4, -0.2) is 17.7 Å². The lowest BCUT2D eigenvalue weighted by atomic mass is 9.97. The molecular formula is C17H25NO. The van der Waals surface area contributed by atoms with Crippen molar-refractivity contribution in [3.05, 3.63) is 47.5 Å². The molecule has 0 radical (unpaired) electrons. The van der Waals surface area contributed by atoms with Crippen LogP contribution in [0.4, 0.5) is 0 Å². The Labute approximate surface area is 116 Å². The van der Waals surface area contributed by atoms with Crippen LogP contribution in [0.15, 0.2) is 42.0 Å². The minimum atomic E-state index is -0.429. The first-order valence-electron chi connectivity index (χ1n) is 7.41. The third kappa shape index (κ3) is 4.48. The van der Waals surface area contributed by atoms with E-state index in [2.05, 4.69) is 11.4 Å². The molecular weight excluding hydrogens is 234 g/mol. The Kier molecular flexibility index (Phi) is 5.62. The van der Waals surface area contributed by atoms with Gasteiger partial charge in [-0.2, -0.15) is 0 Å². The Bertz CT molecular complexity index is 399. The largest absolute Gasteiger partial charge is 0.387 e. The van der Waals surface area contributed by atoms with Crippen molar-refractivity contribution in [1.29, 1.82) is 0 Å². The summed E-state index contributed by atoms with van der Waals surface area (Å²) >= 11 is 0. The van der Waals surface area contributed by atoms with Crippen LogP contribution in [0.3, 0.4) is 0 Å². The molecule has 0 heterocycles. The molecule has 2 N–H and O–H groups in total. The normalized spacial score (nSPS) is 18.7. The summed E-state index contributed by atoms with van der Waals surface area (Å²) in [5, 5.41) is 13.7. The monoisotopic (exact) mass is 259 g/mol. The van der Waals surface area contributed by atoms with E-state index >= 15 is 0 Å². The molecule has 1 aliphatic carbocycles. The second-order valence-corrected chi connectivity index (χ2v) is 5.46. The first-order valence-corrected chi connectivity index (χ1v) is 7.41. The average Bonchev–Trinajstić information content (AvgIpc) is 2.48. The number of aliphatic hydroxyl groups excluding tert-OH is 1. The summed E-state index contributed by atoms with van der Waals surface area (Å²) in [6.45, 7) is 3.00. The molecule has 0 aromatic heterocycles. The third-order valence-corrected chi connectivity index (χ3v) is 3.91. The fourth-order valence-corrected chi connectivity index (χ4v) is 2.64. The Hall–Kier alpha value is -1.12.